The standard InChI is InChI=1S/C20H19N3O4S/c1-14(24)15-3-5-16(6-4-15)22-20-12-7-17(13-21-20)23-28(25,26)19-10-8-18(27-2)9-11-19/h3-13,23H,1-2H3,(H,21,22). The smallest absolute Gasteiger partial charge is 0.261 e. The van der Waals surface area contributed by atoms with Crippen molar-refractivity contribution in [2.75, 3.05) is 17.1 Å². The van der Waals surface area contributed by atoms with Crippen molar-refractivity contribution in [3.05, 3.63) is 72.4 Å². The van der Waals surface area contributed by atoms with Gasteiger partial charge in [-0.1, -0.05) is 0 Å². The lowest BCUT2D eigenvalue weighted by Gasteiger charge is -2.10. The first-order chi connectivity index (χ1) is 13.4. The molecule has 0 fully saturated rings. The molecule has 28 heavy (non-hydrogen) atoms. The highest BCUT2D eigenvalue weighted by Crippen LogP contribution is 2.21. The Morgan fingerprint density at radius 1 is 0.929 bits per heavy atom. The van der Waals surface area contributed by atoms with E-state index in [-0.39, 0.29) is 10.7 Å². The number of nitrogens with zero attached hydrogens (tertiary/aromatic N) is 1. The number of hydrogen-bond acceptors (Lipinski definition) is 6. The van der Waals surface area contributed by atoms with Gasteiger partial charge in [0.25, 0.3) is 10.0 Å². The average Bonchev–Trinajstić information content (AvgIpc) is 2.70. The van der Waals surface area contributed by atoms with Crippen LogP contribution in [0.3, 0.4) is 0 Å². The first-order valence-electron chi connectivity index (χ1n) is 8.38. The van der Waals surface area contributed by atoms with Gasteiger partial charge in [-0.05, 0) is 67.6 Å². The fourth-order valence-corrected chi connectivity index (χ4v) is 3.48. The van der Waals surface area contributed by atoms with Gasteiger partial charge in [-0.2, -0.15) is 0 Å². The third-order valence-corrected chi connectivity index (χ3v) is 5.35. The average molecular weight is 397 g/mol. The van der Waals surface area contributed by atoms with E-state index in [1.165, 1.54) is 32.4 Å². The molecule has 2 N–H and O–H groups in total. The quantitative estimate of drug-likeness (QED) is 0.588. The molecule has 0 aliphatic carbocycles. The molecule has 0 spiro atoms. The molecule has 0 radical (unpaired) electrons. The summed E-state index contributed by atoms with van der Waals surface area (Å²) >= 11 is 0. The molecule has 0 atom stereocenters. The van der Waals surface area contributed by atoms with E-state index in [1.54, 1.807) is 48.5 Å². The van der Waals surface area contributed by atoms with Crippen LogP contribution in [0, 0.1) is 0 Å². The molecule has 0 unspecified atom stereocenters. The normalized spacial score (nSPS) is 10.9. The highest BCUT2D eigenvalue weighted by atomic mass is 32.2. The molecule has 1 aromatic heterocycles. The number of ketones is 1. The second-order valence-corrected chi connectivity index (χ2v) is 7.65. The van der Waals surface area contributed by atoms with Crippen LogP contribution in [0.4, 0.5) is 17.2 Å². The van der Waals surface area contributed by atoms with Crippen molar-refractivity contribution in [3.63, 3.8) is 0 Å². The van der Waals surface area contributed by atoms with E-state index in [1.807, 2.05) is 0 Å². The topological polar surface area (TPSA) is 97.4 Å². The predicted octanol–water partition coefficient (Wildman–Crippen LogP) is 3.84. The summed E-state index contributed by atoms with van der Waals surface area (Å²) in [5.41, 5.74) is 1.74. The van der Waals surface area contributed by atoms with Gasteiger partial charge >= 0.3 is 0 Å². The monoisotopic (exact) mass is 397 g/mol. The summed E-state index contributed by atoms with van der Waals surface area (Å²) in [6.07, 6.45) is 1.42. The second-order valence-electron chi connectivity index (χ2n) is 5.97. The van der Waals surface area contributed by atoms with Gasteiger partial charge < -0.3 is 10.1 Å². The maximum atomic E-state index is 12.4. The first-order valence-corrected chi connectivity index (χ1v) is 9.87. The summed E-state index contributed by atoms with van der Waals surface area (Å²) in [4.78, 5) is 15.6. The molecular formula is C20H19N3O4S. The fraction of sp³-hybridized carbons (Fsp3) is 0.100. The highest BCUT2D eigenvalue weighted by molar-refractivity contribution is 7.92. The zero-order valence-electron chi connectivity index (χ0n) is 15.3. The van der Waals surface area contributed by atoms with Crippen LogP contribution in [-0.4, -0.2) is 26.3 Å². The minimum atomic E-state index is -3.72. The summed E-state index contributed by atoms with van der Waals surface area (Å²) in [6.45, 7) is 1.51. The number of anilines is 3. The maximum absolute atomic E-state index is 12.4. The van der Waals surface area contributed by atoms with Gasteiger partial charge in [0.05, 0.1) is 23.9 Å². The molecule has 0 saturated carbocycles. The maximum Gasteiger partial charge on any atom is 0.261 e. The largest absolute Gasteiger partial charge is 0.497 e. The van der Waals surface area contributed by atoms with Crippen molar-refractivity contribution in [2.45, 2.75) is 11.8 Å². The first kappa shape index (κ1) is 19.4. The number of Topliss-reactive ketones (excluding diaryl/α,β-unsaturated/α-hetero) is 1. The number of pyridine rings is 1. The Morgan fingerprint density at radius 2 is 1.57 bits per heavy atom. The number of carbonyl (C=O) groups excluding carboxylic acids is 1. The zero-order valence-corrected chi connectivity index (χ0v) is 16.2. The lowest BCUT2D eigenvalue weighted by Crippen LogP contribution is -2.13. The van der Waals surface area contributed by atoms with Crippen molar-refractivity contribution in [1.29, 1.82) is 0 Å². The van der Waals surface area contributed by atoms with E-state index in [9.17, 15) is 13.2 Å². The Kier molecular flexibility index (Phi) is 5.60. The lowest BCUT2D eigenvalue weighted by molar-refractivity contribution is 0.101. The van der Waals surface area contributed by atoms with E-state index < -0.39 is 10.0 Å². The summed E-state index contributed by atoms with van der Waals surface area (Å²) in [6, 6.07) is 16.4. The number of nitrogens with one attached hydrogen (secondary N) is 2. The van der Waals surface area contributed by atoms with Gasteiger partial charge in [0.2, 0.25) is 0 Å². The molecule has 0 aliphatic rings. The van der Waals surface area contributed by atoms with E-state index >= 15 is 0 Å². The highest BCUT2D eigenvalue weighted by Gasteiger charge is 2.14. The Bertz CT molecular complexity index is 1060. The SMILES string of the molecule is COc1ccc(S(=O)(=O)Nc2ccc(Nc3ccc(C(C)=O)cc3)nc2)cc1. The van der Waals surface area contributed by atoms with Gasteiger partial charge in [-0.25, -0.2) is 13.4 Å². The molecule has 2 aromatic carbocycles. The van der Waals surface area contributed by atoms with E-state index in [4.69, 9.17) is 4.74 Å². The number of benzene rings is 2. The van der Waals surface area contributed by atoms with Crippen LogP contribution < -0.4 is 14.8 Å². The summed E-state index contributed by atoms with van der Waals surface area (Å²) < 4.78 is 32.4. The fourth-order valence-electron chi connectivity index (χ4n) is 2.43. The summed E-state index contributed by atoms with van der Waals surface area (Å²) in [7, 11) is -2.21. The number of ether oxygens (including phenoxy) is 1. The number of methoxy groups -OCH3 is 1. The number of hydrogen-bond donors (Lipinski definition) is 2. The molecule has 0 saturated heterocycles. The van der Waals surface area contributed by atoms with Crippen LogP contribution in [0.5, 0.6) is 5.75 Å². The summed E-state index contributed by atoms with van der Waals surface area (Å²) in [5.74, 6) is 1.12. The van der Waals surface area contributed by atoms with E-state index in [0.717, 1.165) is 5.69 Å². The van der Waals surface area contributed by atoms with Crippen LogP contribution in [0.15, 0.2) is 71.8 Å². The minimum Gasteiger partial charge on any atom is -0.497 e. The van der Waals surface area contributed by atoms with Gasteiger partial charge in [-0.3, -0.25) is 9.52 Å². The molecule has 0 aliphatic heterocycles. The van der Waals surface area contributed by atoms with Crippen molar-refractivity contribution >= 4 is 33.0 Å². The molecule has 7 nitrogen and oxygen atoms in total. The molecule has 144 valence electrons. The van der Waals surface area contributed by atoms with Crippen LogP contribution in [0.2, 0.25) is 0 Å². The molecule has 8 heteroatoms. The van der Waals surface area contributed by atoms with Crippen LogP contribution >= 0.6 is 0 Å². The van der Waals surface area contributed by atoms with Crippen molar-refractivity contribution in [1.82, 2.24) is 4.98 Å². The van der Waals surface area contributed by atoms with Gasteiger partial charge in [0.1, 0.15) is 11.6 Å². The Morgan fingerprint density at radius 3 is 2.11 bits per heavy atom. The predicted molar refractivity (Wildman–Crippen MR) is 108 cm³/mol. The van der Waals surface area contributed by atoms with E-state index in [0.29, 0.717) is 22.8 Å². The third-order valence-electron chi connectivity index (χ3n) is 3.95. The molecule has 0 amide bonds. The second kappa shape index (κ2) is 8.10. The Labute approximate surface area is 163 Å². The van der Waals surface area contributed by atoms with Crippen LogP contribution in [-0.2, 0) is 10.0 Å². The van der Waals surface area contributed by atoms with Crippen molar-refractivity contribution < 1.29 is 17.9 Å². The third kappa shape index (κ3) is 4.66. The number of carbonyl (C=O) groups is 1. The molecular weight excluding hydrogens is 378 g/mol. The van der Waals surface area contributed by atoms with Gasteiger partial charge in [0.15, 0.2) is 5.78 Å². The minimum absolute atomic E-state index is 0.00169. The van der Waals surface area contributed by atoms with Gasteiger partial charge in [0, 0.05) is 11.3 Å². The van der Waals surface area contributed by atoms with Crippen LogP contribution in [0.25, 0.3) is 0 Å². The number of sulfonamides is 1. The Balaban J connectivity index is 1.68. The Hall–Kier alpha value is -3.39. The summed E-state index contributed by atoms with van der Waals surface area (Å²) in [5, 5.41) is 3.09. The number of aromatic nitrogens is 1. The van der Waals surface area contributed by atoms with Gasteiger partial charge in [-0.15, -0.1) is 0 Å². The molecule has 3 rings (SSSR count). The molecule has 3 aromatic rings. The molecule has 0 bridgehead atoms. The lowest BCUT2D eigenvalue weighted by atomic mass is 10.1. The molecule has 1 heterocycles. The van der Waals surface area contributed by atoms with Crippen molar-refractivity contribution in [2.24, 2.45) is 0 Å². The number of rotatable bonds is 7. The van der Waals surface area contributed by atoms with Crippen LogP contribution in [0.1, 0.15) is 17.3 Å². The zero-order chi connectivity index (χ0) is 20.1. The van der Waals surface area contributed by atoms with Crippen molar-refractivity contribution in [3.8, 4) is 5.75 Å². The van der Waals surface area contributed by atoms with E-state index in [2.05, 4.69) is 15.0 Å².